The normalized spacial score (nSPS) is 16.4. The second-order valence-corrected chi connectivity index (χ2v) is 8.32. The van der Waals surface area contributed by atoms with E-state index in [1.807, 2.05) is 41.8 Å². The number of carbonyl (C=O) groups excluding carboxylic acids is 1. The molecule has 0 saturated carbocycles. The van der Waals surface area contributed by atoms with Crippen molar-refractivity contribution in [2.75, 3.05) is 14.2 Å². The quantitative estimate of drug-likeness (QED) is 0.601. The SMILES string of the molecule is COC(=O)C1=C(C)N=c2s/c(=C\c3cccs3)c(=O)n2[C@@H]1c1ccccc1OC. The number of rotatable bonds is 4. The summed E-state index contributed by atoms with van der Waals surface area (Å²) in [5.41, 5.74) is 1.35. The minimum atomic E-state index is -0.680. The molecule has 0 unspecified atom stereocenters. The van der Waals surface area contributed by atoms with Gasteiger partial charge in [0, 0.05) is 10.4 Å². The molecule has 0 fully saturated rings. The number of hydrogen-bond acceptors (Lipinski definition) is 7. The van der Waals surface area contributed by atoms with Gasteiger partial charge in [0.25, 0.3) is 5.56 Å². The van der Waals surface area contributed by atoms with E-state index in [4.69, 9.17) is 9.47 Å². The molecule has 29 heavy (non-hydrogen) atoms. The topological polar surface area (TPSA) is 69.9 Å². The van der Waals surface area contributed by atoms with Gasteiger partial charge >= 0.3 is 5.97 Å². The highest BCUT2D eigenvalue weighted by atomic mass is 32.1. The van der Waals surface area contributed by atoms with Crippen LogP contribution in [0, 0.1) is 0 Å². The van der Waals surface area contributed by atoms with Crippen LogP contribution >= 0.6 is 22.7 Å². The molecule has 0 bridgehead atoms. The van der Waals surface area contributed by atoms with Crippen molar-refractivity contribution < 1.29 is 14.3 Å². The van der Waals surface area contributed by atoms with E-state index in [9.17, 15) is 9.59 Å². The van der Waals surface area contributed by atoms with Crippen molar-refractivity contribution >= 4 is 34.7 Å². The second-order valence-electron chi connectivity index (χ2n) is 6.33. The molecule has 3 heterocycles. The highest BCUT2D eigenvalue weighted by molar-refractivity contribution is 7.11. The summed E-state index contributed by atoms with van der Waals surface area (Å²) >= 11 is 2.86. The summed E-state index contributed by atoms with van der Waals surface area (Å²) in [6, 6.07) is 10.6. The lowest BCUT2D eigenvalue weighted by molar-refractivity contribution is -0.136. The smallest absolute Gasteiger partial charge is 0.338 e. The van der Waals surface area contributed by atoms with Crippen molar-refractivity contribution in [2.45, 2.75) is 13.0 Å². The highest BCUT2D eigenvalue weighted by Gasteiger charge is 2.34. The Balaban J connectivity index is 2.03. The summed E-state index contributed by atoms with van der Waals surface area (Å²) < 4.78 is 12.7. The van der Waals surface area contributed by atoms with Gasteiger partial charge in [0.05, 0.1) is 30.0 Å². The average molecular weight is 427 g/mol. The van der Waals surface area contributed by atoms with Gasteiger partial charge in [0.15, 0.2) is 4.80 Å². The first-order valence-electron chi connectivity index (χ1n) is 8.82. The number of carbonyl (C=O) groups is 1. The van der Waals surface area contributed by atoms with Crippen LogP contribution in [0.25, 0.3) is 6.08 Å². The molecule has 4 rings (SSSR count). The molecular formula is C21H18N2O4S2. The van der Waals surface area contributed by atoms with Gasteiger partial charge in [-0.25, -0.2) is 9.79 Å². The lowest BCUT2D eigenvalue weighted by atomic mass is 9.95. The fraction of sp³-hybridized carbons (Fsp3) is 0.190. The summed E-state index contributed by atoms with van der Waals surface area (Å²) in [7, 11) is 2.89. The van der Waals surface area contributed by atoms with Crippen LogP contribution in [0.5, 0.6) is 5.75 Å². The number of benzene rings is 1. The van der Waals surface area contributed by atoms with Gasteiger partial charge < -0.3 is 9.47 Å². The van der Waals surface area contributed by atoms with E-state index in [1.54, 1.807) is 36.0 Å². The predicted octanol–water partition coefficient (Wildman–Crippen LogP) is 2.48. The van der Waals surface area contributed by atoms with Gasteiger partial charge in [-0.3, -0.25) is 9.36 Å². The van der Waals surface area contributed by atoms with Crippen molar-refractivity contribution in [1.29, 1.82) is 0 Å². The number of thiazole rings is 1. The van der Waals surface area contributed by atoms with Crippen molar-refractivity contribution in [1.82, 2.24) is 4.57 Å². The zero-order chi connectivity index (χ0) is 20.5. The minimum absolute atomic E-state index is 0.202. The maximum Gasteiger partial charge on any atom is 0.338 e. The maximum atomic E-state index is 13.4. The minimum Gasteiger partial charge on any atom is -0.496 e. The van der Waals surface area contributed by atoms with Gasteiger partial charge in [-0.2, -0.15) is 0 Å². The molecule has 3 aromatic rings. The number of methoxy groups -OCH3 is 2. The Kier molecular flexibility index (Phi) is 5.21. The van der Waals surface area contributed by atoms with Crippen molar-refractivity contribution in [2.24, 2.45) is 4.99 Å². The molecule has 0 saturated heterocycles. The molecule has 8 heteroatoms. The first-order valence-corrected chi connectivity index (χ1v) is 10.5. The lowest BCUT2D eigenvalue weighted by Crippen LogP contribution is -2.39. The number of thiophene rings is 1. The number of aromatic nitrogens is 1. The van der Waals surface area contributed by atoms with Crippen molar-refractivity contribution in [3.8, 4) is 5.75 Å². The fourth-order valence-electron chi connectivity index (χ4n) is 3.38. The van der Waals surface area contributed by atoms with Crippen LogP contribution in [-0.4, -0.2) is 24.8 Å². The second kappa shape index (κ2) is 7.81. The molecule has 1 atom stereocenters. The molecule has 2 aromatic heterocycles. The number of para-hydroxylation sites is 1. The zero-order valence-corrected chi connectivity index (χ0v) is 17.7. The van der Waals surface area contributed by atoms with Gasteiger partial charge in [-0.05, 0) is 30.5 Å². The monoisotopic (exact) mass is 426 g/mol. The lowest BCUT2D eigenvalue weighted by Gasteiger charge is -2.25. The van der Waals surface area contributed by atoms with E-state index in [0.29, 0.717) is 31.9 Å². The van der Waals surface area contributed by atoms with Crippen molar-refractivity contribution in [3.63, 3.8) is 0 Å². The summed E-state index contributed by atoms with van der Waals surface area (Å²) in [6.45, 7) is 1.75. The average Bonchev–Trinajstić information content (AvgIpc) is 3.35. The Bertz CT molecular complexity index is 1280. The molecule has 0 N–H and O–H groups in total. The Hall–Kier alpha value is -2.97. The molecule has 148 valence electrons. The van der Waals surface area contributed by atoms with Gasteiger partial charge in [0.1, 0.15) is 11.8 Å². The Morgan fingerprint density at radius 1 is 1.21 bits per heavy atom. The molecule has 6 nitrogen and oxygen atoms in total. The molecular weight excluding hydrogens is 408 g/mol. The molecule has 0 spiro atoms. The number of allylic oxidation sites excluding steroid dienone is 1. The summed E-state index contributed by atoms with van der Waals surface area (Å²) in [5.74, 6) is 0.0659. The highest BCUT2D eigenvalue weighted by Crippen LogP contribution is 2.35. The molecule has 0 aliphatic carbocycles. The standard InChI is InChI=1S/C21H18N2O4S2/c1-12-17(20(25)27-3)18(14-8-4-5-9-15(14)26-2)23-19(24)16(29-21(23)22-12)11-13-7-6-10-28-13/h4-11,18H,1-3H3/b16-11-/t18-/m1/s1. The largest absolute Gasteiger partial charge is 0.496 e. The van der Waals surface area contributed by atoms with Gasteiger partial charge in [-0.1, -0.05) is 35.6 Å². The van der Waals surface area contributed by atoms with Gasteiger partial charge in [-0.15, -0.1) is 11.3 Å². The van der Waals surface area contributed by atoms with E-state index in [-0.39, 0.29) is 5.56 Å². The number of fused-ring (bicyclic) bond motifs is 1. The van der Waals surface area contributed by atoms with Gasteiger partial charge in [0.2, 0.25) is 0 Å². The fourth-order valence-corrected chi connectivity index (χ4v) is 5.15. The summed E-state index contributed by atoms with van der Waals surface area (Å²) in [5, 5.41) is 1.96. The first kappa shape index (κ1) is 19.4. The number of nitrogens with zero attached hydrogens (tertiary/aromatic N) is 2. The van der Waals surface area contributed by atoms with Crippen LogP contribution in [-0.2, 0) is 9.53 Å². The van der Waals surface area contributed by atoms with E-state index in [1.165, 1.54) is 18.4 Å². The van der Waals surface area contributed by atoms with Crippen LogP contribution < -0.4 is 19.6 Å². The summed E-state index contributed by atoms with van der Waals surface area (Å²) in [4.78, 5) is 32.1. The third-order valence-electron chi connectivity index (χ3n) is 4.68. The first-order chi connectivity index (χ1) is 14.0. The van der Waals surface area contributed by atoms with E-state index in [0.717, 1.165) is 4.88 Å². The Labute approximate surface area is 174 Å². The molecule has 1 aromatic carbocycles. The van der Waals surface area contributed by atoms with Crippen LogP contribution in [0.1, 0.15) is 23.4 Å². The van der Waals surface area contributed by atoms with Crippen LogP contribution in [0.3, 0.4) is 0 Å². The maximum absolute atomic E-state index is 13.4. The van der Waals surface area contributed by atoms with Crippen molar-refractivity contribution in [3.05, 3.63) is 83.2 Å². The third-order valence-corrected chi connectivity index (χ3v) is 6.48. The number of ether oxygens (including phenoxy) is 2. The van der Waals surface area contributed by atoms with E-state index in [2.05, 4.69) is 4.99 Å². The van der Waals surface area contributed by atoms with E-state index >= 15 is 0 Å². The van der Waals surface area contributed by atoms with E-state index < -0.39 is 12.0 Å². The Morgan fingerprint density at radius 3 is 2.69 bits per heavy atom. The number of hydrogen-bond donors (Lipinski definition) is 0. The van der Waals surface area contributed by atoms with Crippen LogP contribution in [0.15, 0.2) is 62.8 Å². The summed E-state index contributed by atoms with van der Waals surface area (Å²) in [6.07, 6.45) is 1.85. The molecule has 0 amide bonds. The third kappa shape index (κ3) is 3.34. The van der Waals surface area contributed by atoms with Crippen LogP contribution in [0.4, 0.5) is 0 Å². The zero-order valence-electron chi connectivity index (χ0n) is 16.0. The number of esters is 1. The molecule has 0 radical (unpaired) electrons. The predicted molar refractivity (Wildman–Crippen MR) is 113 cm³/mol. The Morgan fingerprint density at radius 2 is 2.00 bits per heavy atom. The van der Waals surface area contributed by atoms with Crippen LogP contribution in [0.2, 0.25) is 0 Å². The molecule has 1 aliphatic rings. The molecule has 1 aliphatic heterocycles.